The van der Waals surface area contributed by atoms with Crippen molar-refractivity contribution in [3.05, 3.63) is 29.7 Å². The Bertz CT molecular complexity index is 1560. The van der Waals surface area contributed by atoms with E-state index in [1.54, 1.807) is 20.8 Å². The van der Waals surface area contributed by atoms with E-state index in [2.05, 4.69) is 15.3 Å². The van der Waals surface area contributed by atoms with Crippen LogP contribution < -0.4 is 10.1 Å². The summed E-state index contributed by atoms with van der Waals surface area (Å²) in [6.07, 6.45) is 0.615. The molecule has 0 radical (unpaired) electrons. The number of hydrogen-bond acceptors (Lipinski definition) is 7. The number of nitrogens with zero attached hydrogens (tertiary/aromatic N) is 3. The lowest BCUT2D eigenvalue weighted by molar-refractivity contribution is -0.143. The average Bonchev–Trinajstić information content (AvgIpc) is 3.56. The van der Waals surface area contributed by atoms with Gasteiger partial charge in [0.15, 0.2) is 11.5 Å². The van der Waals surface area contributed by atoms with E-state index in [4.69, 9.17) is 9.47 Å². The predicted octanol–water partition coefficient (Wildman–Crippen LogP) is 6.42. The first-order chi connectivity index (χ1) is 22.0. The number of nitrogens with one attached hydrogen (secondary N) is 1. The van der Waals surface area contributed by atoms with Gasteiger partial charge in [0.25, 0.3) is 5.92 Å². The molecule has 2 bridgehead atoms. The quantitative estimate of drug-likeness (QED) is 0.397. The molecule has 3 heterocycles. The Labute approximate surface area is 273 Å². The maximum atomic E-state index is 16.1. The Morgan fingerprint density at radius 3 is 2.49 bits per heavy atom. The molecule has 4 aliphatic rings. The van der Waals surface area contributed by atoms with Crippen molar-refractivity contribution in [1.29, 1.82) is 0 Å². The van der Waals surface area contributed by atoms with Crippen LogP contribution in [0.15, 0.2) is 18.2 Å². The number of aromatic nitrogens is 2. The van der Waals surface area contributed by atoms with E-state index in [0.29, 0.717) is 24.7 Å². The van der Waals surface area contributed by atoms with Gasteiger partial charge in [0, 0.05) is 24.3 Å². The van der Waals surface area contributed by atoms with Crippen molar-refractivity contribution in [3.8, 4) is 5.88 Å². The van der Waals surface area contributed by atoms with Crippen molar-refractivity contribution < 1.29 is 37.0 Å². The van der Waals surface area contributed by atoms with Gasteiger partial charge in [-0.3, -0.25) is 9.59 Å². The second-order valence-electron chi connectivity index (χ2n) is 15.4. The highest BCUT2D eigenvalue weighted by molar-refractivity contribution is 5.94. The van der Waals surface area contributed by atoms with Crippen molar-refractivity contribution in [2.45, 2.75) is 110 Å². The first kappa shape index (κ1) is 33.5. The number of carbonyl (C=O) groups excluding carboxylic acids is 3. The number of hydrogen-bond donors (Lipinski definition) is 1. The zero-order valence-corrected chi connectivity index (χ0v) is 27.9. The minimum Gasteiger partial charge on any atom is -0.471 e. The van der Waals surface area contributed by atoms with Crippen molar-refractivity contribution in [2.75, 3.05) is 6.54 Å². The highest BCUT2D eigenvalue weighted by Crippen LogP contribution is 2.58. The molecule has 1 aromatic carbocycles. The van der Waals surface area contributed by atoms with Crippen LogP contribution in [0.3, 0.4) is 0 Å². The van der Waals surface area contributed by atoms with E-state index in [-0.39, 0.29) is 41.8 Å². The van der Waals surface area contributed by atoms with Crippen LogP contribution in [0, 0.1) is 40.8 Å². The van der Waals surface area contributed by atoms with E-state index < -0.39 is 77.2 Å². The lowest BCUT2D eigenvalue weighted by atomic mass is 9.85. The summed E-state index contributed by atoms with van der Waals surface area (Å²) in [5.41, 5.74) is -1.25. The first-order valence-electron chi connectivity index (χ1n) is 16.9. The molecule has 12 heteroatoms. The van der Waals surface area contributed by atoms with E-state index in [0.717, 1.165) is 25.0 Å². The van der Waals surface area contributed by atoms with Gasteiger partial charge in [-0.15, -0.1) is 0 Å². The van der Waals surface area contributed by atoms with Gasteiger partial charge >= 0.3 is 6.09 Å². The number of Topliss-reactive ketones (excluding diaryl/α,β-unsaturated/α-hetero) is 1. The molecule has 47 heavy (non-hydrogen) atoms. The Hall–Kier alpha value is -3.44. The summed E-state index contributed by atoms with van der Waals surface area (Å²) in [6, 6.07) is 1.57. The highest BCUT2D eigenvalue weighted by atomic mass is 19.3. The molecule has 256 valence electrons. The van der Waals surface area contributed by atoms with Gasteiger partial charge in [-0.1, -0.05) is 48.0 Å². The number of fused-ring (bicyclic) bond motifs is 7. The number of ketones is 1. The van der Waals surface area contributed by atoms with Crippen LogP contribution in [0.25, 0.3) is 11.0 Å². The largest absolute Gasteiger partial charge is 0.471 e. The molecule has 1 saturated heterocycles. The summed E-state index contributed by atoms with van der Waals surface area (Å²) in [7, 11) is 0. The van der Waals surface area contributed by atoms with Crippen molar-refractivity contribution in [1.82, 2.24) is 20.2 Å². The molecular formula is C35H45F3N4O5. The molecule has 3 fully saturated rings. The summed E-state index contributed by atoms with van der Waals surface area (Å²) >= 11 is 0. The van der Waals surface area contributed by atoms with Crippen LogP contribution in [0.1, 0.15) is 85.8 Å². The smallest absolute Gasteiger partial charge is 0.408 e. The molecule has 0 spiro atoms. The second-order valence-corrected chi connectivity index (χ2v) is 15.4. The summed E-state index contributed by atoms with van der Waals surface area (Å²) in [5.74, 6) is -5.33. The standard InChI is InChI=1S/C35H45F3N4O5/c1-17(2)28(43)27-18(3)26-16-42(27)32(44)30(34(4,5)6)41-33(45)47-25-14-19-13-22(19)21(25)9-7-8-12-35(37,38)29-31(46-26)40-24-15-20(36)10-11-23(24)39-29/h10-11,15,17-19,21-22,25-27,30H,7-9,12-14,16H2,1-6H3,(H,41,45). The van der Waals surface area contributed by atoms with Crippen LogP contribution in [0.5, 0.6) is 5.88 Å². The summed E-state index contributed by atoms with van der Waals surface area (Å²) in [5, 5.41) is 2.83. The Balaban J connectivity index is 1.42. The van der Waals surface area contributed by atoms with Crippen molar-refractivity contribution >= 4 is 28.8 Å². The molecule has 2 aromatic rings. The molecule has 1 aromatic heterocycles. The van der Waals surface area contributed by atoms with Crippen LogP contribution in [-0.2, 0) is 20.2 Å². The third kappa shape index (κ3) is 6.53. The fraction of sp³-hybridized carbons (Fsp3) is 0.686. The van der Waals surface area contributed by atoms with Crippen LogP contribution in [-0.4, -0.2) is 63.5 Å². The van der Waals surface area contributed by atoms with Crippen LogP contribution >= 0.6 is 0 Å². The summed E-state index contributed by atoms with van der Waals surface area (Å²) < 4.78 is 58.5. The SMILES string of the molecule is CC(C)C(=O)C1C(C)C2CN1C(=O)C(C(C)(C)C)NC(=O)OC1CC3CC3C1CCCCC(F)(F)c1nc3ccc(F)cc3nc1O2. The minimum absolute atomic E-state index is 0.0526. The van der Waals surface area contributed by atoms with E-state index in [1.165, 1.54) is 11.0 Å². The molecule has 1 N–H and O–H groups in total. The van der Waals surface area contributed by atoms with Crippen molar-refractivity contribution in [3.63, 3.8) is 0 Å². The highest BCUT2D eigenvalue weighted by Gasteiger charge is 2.55. The van der Waals surface area contributed by atoms with Crippen LogP contribution in [0.2, 0.25) is 0 Å². The third-order valence-corrected chi connectivity index (χ3v) is 10.6. The monoisotopic (exact) mass is 658 g/mol. The Kier molecular flexibility index (Phi) is 8.70. The van der Waals surface area contributed by atoms with E-state index in [1.807, 2.05) is 20.8 Å². The second kappa shape index (κ2) is 12.2. The lowest BCUT2D eigenvalue weighted by Gasteiger charge is -2.36. The van der Waals surface area contributed by atoms with Gasteiger partial charge in [0.2, 0.25) is 11.8 Å². The first-order valence-corrected chi connectivity index (χ1v) is 16.9. The molecule has 8 atom stereocenters. The Morgan fingerprint density at radius 1 is 1.04 bits per heavy atom. The number of halogens is 3. The number of ether oxygens (including phenoxy) is 2. The van der Waals surface area contributed by atoms with Gasteiger partial charge < -0.3 is 19.7 Å². The average molecular weight is 659 g/mol. The van der Waals surface area contributed by atoms with Gasteiger partial charge in [0.1, 0.15) is 24.1 Å². The van der Waals surface area contributed by atoms with Gasteiger partial charge in [-0.2, -0.15) is 8.78 Å². The normalized spacial score (nSPS) is 32.8. The predicted molar refractivity (Wildman–Crippen MR) is 167 cm³/mol. The topological polar surface area (TPSA) is 111 Å². The van der Waals surface area contributed by atoms with E-state index in [9.17, 15) is 18.8 Å². The fourth-order valence-electron chi connectivity index (χ4n) is 7.86. The maximum Gasteiger partial charge on any atom is 0.408 e. The number of benzene rings is 1. The molecule has 2 aliphatic heterocycles. The molecule has 8 unspecified atom stereocenters. The van der Waals surface area contributed by atoms with Gasteiger partial charge in [-0.05, 0) is 61.0 Å². The third-order valence-electron chi connectivity index (χ3n) is 10.6. The number of amides is 2. The minimum atomic E-state index is -3.42. The molecule has 2 amide bonds. The van der Waals surface area contributed by atoms with Crippen molar-refractivity contribution in [2.24, 2.45) is 35.0 Å². The fourth-order valence-corrected chi connectivity index (χ4v) is 7.86. The molecule has 6 rings (SSSR count). The zero-order valence-electron chi connectivity index (χ0n) is 27.9. The number of alkyl halides is 2. The maximum absolute atomic E-state index is 16.1. The van der Waals surface area contributed by atoms with E-state index >= 15 is 8.78 Å². The van der Waals surface area contributed by atoms with Gasteiger partial charge in [0.05, 0.1) is 23.6 Å². The molecule has 2 saturated carbocycles. The lowest BCUT2D eigenvalue weighted by Crippen LogP contribution is -2.58. The molecule has 9 nitrogen and oxygen atoms in total. The summed E-state index contributed by atoms with van der Waals surface area (Å²) in [6.45, 7) is 10.5. The number of alkyl carbamates (subject to hydrolysis) is 1. The molecular weight excluding hydrogens is 613 g/mol. The number of carbonyl (C=O) groups is 3. The molecule has 2 aliphatic carbocycles. The Morgan fingerprint density at radius 2 is 1.79 bits per heavy atom. The summed E-state index contributed by atoms with van der Waals surface area (Å²) in [4.78, 5) is 51.4. The van der Waals surface area contributed by atoms with Gasteiger partial charge in [-0.25, -0.2) is 19.2 Å². The van der Waals surface area contributed by atoms with Crippen LogP contribution in [0.4, 0.5) is 18.0 Å². The number of rotatable bonds is 2. The zero-order chi connectivity index (χ0) is 34.0.